The molecule has 0 unspecified atom stereocenters. The van der Waals surface area contributed by atoms with Gasteiger partial charge < -0.3 is 10.1 Å². The van der Waals surface area contributed by atoms with Crippen LogP contribution in [-0.2, 0) is 20.1 Å². The first-order valence-corrected chi connectivity index (χ1v) is 7.05. The maximum atomic E-state index is 5.64. The Hall–Kier alpha value is -1.88. The van der Waals surface area contributed by atoms with Crippen LogP contribution in [0.1, 0.15) is 31.0 Å². The molecule has 2 rings (SSSR count). The summed E-state index contributed by atoms with van der Waals surface area (Å²) in [5.74, 6) is 0.941. The van der Waals surface area contributed by atoms with Crippen molar-refractivity contribution in [3.05, 3.63) is 41.7 Å². The Morgan fingerprint density at radius 3 is 2.65 bits per heavy atom. The molecule has 5 heteroatoms. The van der Waals surface area contributed by atoms with Crippen molar-refractivity contribution in [1.82, 2.24) is 20.3 Å². The second-order valence-electron chi connectivity index (χ2n) is 4.77. The monoisotopic (exact) mass is 274 g/mol. The van der Waals surface area contributed by atoms with E-state index in [-0.39, 0.29) is 0 Å². The normalized spacial score (nSPS) is 10.7. The van der Waals surface area contributed by atoms with E-state index in [0.717, 1.165) is 44.0 Å². The maximum absolute atomic E-state index is 5.64. The second-order valence-corrected chi connectivity index (χ2v) is 4.77. The van der Waals surface area contributed by atoms with Crippen molar-refractivity contribution < 1.29 is 4.74 Å². The summed E-state index contributed by atoms with van der Waals surface area (Å²) in [6.45, 7) is 4.49. The van der Waals surface area contributed by atoms with Crippen molar-refractivity contribution >= 4 is 0 Å². The Labute approximate surface area is 120 Å². The average molecular weight is 274 g/mol. The maximum Gasteiger partial charge on any atom is 0.119 e. The summed E-state index contributed by atoms with van der Waals surface area (Å²) >= 11 is 0. The van der Waals surface area contributed by atoms with Crippen LogP contribution >= 0.6 is 0 Å². The molecule has 2 aromatic rings. The van der Waals surface area contributed by atoms with Gasteiger partial charge in [0, 0.05) is 20.1 Å². The minimum absolute atomic E-state index is 0.725. The molecule has 0 aliphatic heterocycles. The number of nitrogens with zero attached hydrogens (tertiary/aromatic N) is 3. The van der Waals surface area contributed by atoms with Gasteiger partial charge >= 0.3 is 0 Å². The van der Waals surface area contributed by atoms with Gasteiger partial charge in [0.1, 0.15) is 5.75 Å². The van der Waals surface area contributed by atoms with E-state index in [9.17, 15) is 0 Å². The molecule has 0 amide bonds. The molecule has 1 aromatic carbocycles. The van der Waals surface area contributed by atoms with Crippen LogP contribution in [0.2, 0.25) is 0 Å². The SMILES string of the molecule is CCCCOc1ccc(CNCc2cnn(C)n2)cc1. The number of ether oxygens (including phenoxy) is 1. The van der Waals surface area contributed by atoms with Gasteiger partial charge in [-0.25, -0.2) is 0 Å². The zero-order valence-corrected chi connectivity index (χ0v) is 12.2. The van der Waals surface area contributed by atoms with Gasteiger partial charge in [0.2, 0.25) is 0 Å². The highest BCUT2D eigenvalue weighted by Gasteiger charge is 1.99. The molecule has 1 aromatic heterocycles. The first-order valence-electron chi connectivity index (χ1n) is 7.05. The van der Waals surface area contributed by atoms with Crippen molar-refractivity contribution in [2.24, 2.45) is 7.05 Å². The van der Waals surface area contributed by atoms with Gasteiger partial charge in [-0.2, -0.15) is 15.0 Å². The number of aryl methyl sites for hydroxylation is 1. The average Bonchev–Trinajstić information content (AvgIpc) is 2.87. The van der Waals surface area contributed by atoms with Crippen molar-refractivity contribution in [2.75, 3.05) is 6.61 Å². The summed E-state index contributed by atoms with van der Waals surface area (Å²) in [7, 11) is 1.82. The first kappa shape index (κ1) is 14.5. The van der Waals surface area contributed by atoms with E-state index in [4.69, 9.17) is 4.74 Å². The highest BCUT2D eigenvalue weighted by atomic mass is 16.5. The fourth-order valence-electron chi connectivity index (χ4n) is 1.84. The van der Waals surface area contributed by atoms with E-state index in [0.29, 0.717) is 0 Å². The lowest BCUT2D eigenvalue weighted by atomic mass is 10.2. The van der Waals surface area contributed by atoms with Crippen molar-refractivity contribution in [1.29, 1.82) is 0 Å². The first-order chi connectivity index (χ1) is 9.78. The predicted molar refractivity (Wildman–Crippen MR) is 78.4 cm³/mol. The Bertz CT molecular complexity index is 507. The molecule has 108 valence electrons. The van der Waals surface area contributed by atoms with Crippen LogP contribution in [-0.4, -0.2) is 21.6 Å². The molecule has 1 heterocycles. The number of rotatable bonds is 8. The molecule has 0 spiro atoms. The molecular formula is C15H22N4O. The molecule has 20 heavy (non-hydrogen) atoms. The van der Waals surface area contributed by atoms with Gasteiger partial charge in [-0.05, 0) is 24.1 Å². The van der Waals surface area contributed by atoms with Gasteiger partial charge in [0.15, 0.2) is 0 Å². The van der Waals surface area contributed by atoms with Gasteiger partial charge in [-0.15, -0.1) is 0 Å². The van der Waals surface area contributed by atoms with Crippen LogP contribution < -0.4 is 10.1 Å². The van der Waals surface area contributed by atoms with E-state index in [1.54, 1.807) is 11.0 Å². The fourth-order valence-corrected chi connectivity index (χ4v) is 1.84. The molecule has 0 fully saturated rings. The Morgan fingerprint density at radius 2 is 2.00 bits per heavy atom. The van der Waals surface area contributed by atoms with E-state index in [1.165, 1.54) is 5.56 Å². The molecule has 0 saturated carbocycles. The summed E-state index contributed by atoms with van der Waals surface area (Å²) in [4.78, 5) is 1.57. The number of aromatic nitrogens is 3. The van der Waals surface area contributed by atoms with Crippen LogP contribution in [0.4, 0.5) is 0 Å². The van der Waals surface area contributed by atoms with E-state index in [2.05, 4.69) is 34.6 Å². The lowest BCUT2D eigenvalue weighted by Gasteiger charge is -2.07. The predicted octanol–water partition coefficient (Wildman–Crippen LogP) is 2.28. The number of nitrogens with one attached hydrogen (secondary N) is 1. The molecular weight excluding hydrogens is 252 g/mol. The molecule has 0 aliphatic rings. The number of unbranched alkanes of at least 4 members (excludes halogenated alkanes) is 1. The van der Waals surface area contributed by atoms with Crippen LogP contribution in [0.25, 0.3) is 0 Å². The molecule has 0 saturated heterocycles. The van der Waals surface area contributed by atoms with Crippen LogP contribution in [0.5, 0.6) is 5.75 Å². The Kier molecular flexibility index (Phi) is 5.55. The second kappa shape index (κ2) is 7.65. The Balaban J connectivity index is 1.73. The van der Waals surface area contributed by atoms with Crippen LogP contribution in [0.15, 0.2) is 30.5 Å². The van der Waals surface area contributed by atoms with Crippen LogP contribution in [0, 0.1) is 0 Å². The van der Waals surface area contributed by atoms with Crippen molar-refractivity contribution in [3.8, 4) is 5.75 Å². The number of benzene rings is 1. The standard InChI is InChI=1S/C15H22N4O/c1-3-4-9-20-15-7-5-13(6-8-15)10-16-11-14-12-17-19(2)18-14/h5-8,12,16H,3-4,9-11H2,1-2H3. The number of hydrogen-bond acceptors (Lipinski definition) is 4. The summed E-state index contributed by atoms with van der Waals surface area (Å²) in [5.41, 5.74) is 2.18. The third-order valence-electron chi connectivity index (χ3n) is 2.97. The minimum Gasteiger partial charge on any atom is -0.494 e. The van der Waals surface area contributed by atoms with E-state index < -0.39 is 0 Å². The molecule has 1 N–H and O–H groups in total. The summed E-state index contributed by atoms with van der Waals surface area (Å²) < 4.78 is 5.64. The Morgan fingerprint density at radius 1 is 1.20 bits per heavy atom. The molecule has 0 bridgehead atoms. The molecule has 5 nitrogen and oxygen atoms in total. The zero-order chi connectivity index (χ0) is 14.2. The number of hydrogen-bond donors (Lipinski definition) is 1. The van der Waals surface area contributed by atoms with E-state index in [1.807, 2.05) is 19.2 Å². The molecule has 0 aliphatic carbocycles. The van der Waals surface area contributed by atoms with Gasteiger partial charge in [-0.1, -0.05) is 25.5 Å². The van der Waals surface area contributed by atoms with Gasteiger partial charge in [0.05, 0.1) is 18.5 Å². The zero-order valence-electron chi connectivity index (χ0n) is 12.2. The van der Waals surface area contributed by atoms with Crippen molar-refractivity contribution in [2.45, 2.75) is 32.9 Å². The largest absolute Gasteiger partial charge is 0.494 e. The lowest BCUT2D eigenvalue weighted by molar-refractivity contribution is 0.309. The van der Waals surface area contributed by atoms with E-state index >= 15 is 0 Å². The highest BCUT2D eigenvalue weighted by molar-refractivity contribution is 5.27. The van der Waals surface area contributed by atoms with Gasteiger partial charge in [-0.3, -0.25) is 0 Å². The summed E-state index contributed by atoms with van der Waals surface area (Å²) in [6.07, 6.45) is 4.03. The molecule has 0 radical (unpaired) electrons. The summed E-state index contributed by atoms with van der Waals surface area (Å²) in [5, 5.41) is 11.6. The quantitative estimate of drug-likeness (QED) is 0.750. The topological polar surface area (TPSA) is 52.0 Å². The minimum atomic E-state index is 0.725. The van der Waals surface area contributed by atoms with Gasteiger partial charge in [0.25, 0.3) is 0 Å². The van der Waals surface area contributed by atoms with Crippen molar-refractivity contribution in [3.63, 3.8) is 0 Å². The van der Waals surface area contributed by atoms with Crippen LogP contribution in [0.3, 0.4) is 0 Å². The summed E-state index contributed by atoms with van der Waals surface area (Å²) in [6, 6.07) is 8.22. The fraction of sp³-hybridized carbons (Fsp3) is 0.467. The highest BCUT2D eigenvalue weighted by Crippen LogP contribution is 2.12. The smallest absolute Gasteiger partial charge is 0.119 e. The third-order valence-corrected chi connectivity index (χ3v) is 2.97. The lowest BCUT2D eigenvalue weighted by Crippen LogP contribution is -2.13. The molecule has 0 atom stereocenters. The third kappa shape index (κ3) is 4.66.